The van der Waals surface area contributed by atoms with Crippen LogP contribution in [0.25, 0.3) is 5.69 Å². The number of nitrogens with zero attached hydrogens (tertiary/aromatic N) is 3. The molecule has 5 rings (SSSR count). The van der Waals surface area contributed by atoms with Gasteiger partial charge in [0, 0.05) is 36.6 Å². The minimum atomic E-state index is -0.171. The van der Waals surface area contributed by atoms with Crippen molar-refractivity contribution in [3.05, 3.63) is 107 Å². The molecule has 2 atom stereocenters. The Labute approximate surface area is 227 Å². The Morgan fingerprint density at radius 3 is 2.54 bits per heavy atom. The van der Waals surface area contributed by atoms with Gasteiger partial charge in [-0.1, -0.05) is 23.7 Å². The molecular weight excluding hydrogens is 504 g/mol. The number of aryl methyl sites for hydroxylation is 2. The quantitative estimate of drug-likeness (QED) is 0.211. The molecule has 0 spiro atoms. The number of methoxy groups -OCH3 is 1. The average Bonchev–Trinajstić information content (AvgIpc) is 3.51. The van der Waals surface area contributed by atoms with Gasteiger partial charge in [0.25, 0.3) is 0 Å². The van der Waals surface area contributed by atoms with Crippen molar-refractivity contribution in [3.63, 3.8) is 0 Å². The molecular formula is C29H29ClN4O2S. The van der Waals surface area contributed by atoms with E-state index in [-0.39, 0.29) is 12.1 Å². The summed E-state index contributed by atoms with van der Waals surface area (Å²) >= 11 is 12.5. The van der Waals surface area contributed by atoms with E-state index in [0.29, 0.717) is 29.1 Å². The maximum absolute atomic E-state index is 6.65. The summed E-state index contributed by atoms with van der Waals surface area (Å²) in [7, 11) is 1.64. The summed E-state index contributed by atoms with van der Waals surface area (Å²) in [5.74, 6) is 0.608. The van der Waals surface area contributed by atoms with Crippen molar-refractivity contribution in [1.82, 2.24) is 14.9 Å². The topological polar surface area (TPSA) is 51.6 Å². The molecule has 0 radical (unpaired) electrons. The Balaban J connectivity index is 1.59. The minimum absolute atomic E-state index is 0.162. The molecule has 0 bridgehead atoms. The van der Waals surface area contributed by atoms with Crippen LogP contribution < -0.4 is 15.0 Å². The SMILES string of the molecule is COCCOc1ccc(N2C(=S)N[C@@H](c3ccccn3)[C@H]2c2cccn2-c2ccc(C)c(C)c2)cc1Cl. The normalized spacial score (nSPS) is 17.2. The van der Waals surface area contributed by atoms with Crippen LogP contribution in [0.3, 0.4) is 0 Å². The number of anilines is 1. The van der Waals surface area contributed by atoms with E-state index in [1.54, 1.807) is 7.11 Å². The molecule has 2 aromatic heterocycles. The van der Waals surface area contributed by atoms with Gasteiger partial charge < -0.3 is 24.3 Å². The fourth-order valence-corrected chi connectivity index (χ4v) is 5.25. The summed E-state index contributed by atoms with van der Waals surface area (Å²) in [4.78, 5) is 6.79. The first-order chi connectivity index (χ1) is 18.0. The molecule has 37 heavy (non-hydrogen) atoms. The van der Waals surface area contributed by atoms with E-state index >= 15 is 0 Å². The lowest BCUT2D eigenvalue weighted by Crippen LogP contribution is -2.30. The largest absolute Gasteiger partial charge is 0.490 e. The summed E-state index contributed by atoms with van der Waals surface area (Å²) in [5, 5.41) is 4.65. The highest BCUT2D eigenvalue weighted by atomic mass is 35.5. The number of hydrogen-bond acceptors (Lipinski definition) is 4. The number of halogens is 1. The lowest BCUT2D eigenvalue weighted by atomic mass is 10.0. The molecule has 1 aliphatic heterocycles. The number of hydrogen-bond donors (Lipinski definition) is 1. The van der Waals surface area contributed by atoms with Crippen molar-refractivity contribution in [1.29, 1.82) is 0 Å². The Kier molecular flexibility index (Phi) is 7.46. The fraction of sp³-hybridized carbons (Fsp3) is 0.241. The van der Waals surface area contributed by atoms with E-state index in [4.69, 9.17) is 33.3 Å². The van der Waals surface area contributed by atoms with E-state index in [1.807, 2.05) is 42.6 Å². The highest BCUT2D eigenvalue weighted by Gasteiger charge is 2.42. The Morgan fingerprint density at radius 1 is 0.973 bits per heavy atom. The van der Waals surface area contributed by atoms with Crippen molar-refractivity contribution >= 4 is 34.6 Å². The lowest BCUT2D eigenvalue weighted by Gasteiger charge is -2.29. The van der Waals surface area contributed by atoms with Crippen LogP contribution in [0.5, 0.6) is 5.75 Å². The van der Waals surface area contributed by atoms with Crippen LogP contribution in [0.1, 0.15) is 34.6 Å². The Bertz CT molecular complexity index is 1410. The summed E-state index contributed by atoms with van der Waals surface area (Å²) in [5.41, 5.74) is 6.47. The number of ether oxygens (including phenoxy) is 2. The van der Waals surface area contributed by atoms with Gasteiger partial charge >= 0.3 is 0 Å². The van der Waals surface area contributed by atoms with Gasteiger partial charge in [0.1, 0.15) is 18.4 Å². The van der Waals surface area contributed by atoms with Crippen LogP contribution in [0.15, 0.2) is 79.1 Å². The molecule has 1 N–H and O–H groups in total. The molecule has 1 aliphatic rings. The van der Waals surface area contributed by atoms with Gasteiger partial charge in [0.05, 0.1) is 23.4 Å². The number of thiocarbonyl (C=S) groups is 1. The molecule has 8 heteroatoms. The minimum Gasteiger partial charge on any atom is -0.490 e. The van der Waals surface area contributed by atoms with Crippen LogP contribution in [-0.2, 0) is 4.74 Å². The second-order valence-corrected chi connectivity index (χ2v) is 9.82. The van der Waals surface area contributed by atoms with E-state index in [2.05, 4.69) is 70.1 Å². The van der Waals surface area contributed by atoms with Crippen molar-refractivity contribution in [3.8, 4) is 11.4 Å². The monoisotopic (exact) mass is 532 g/mol. The second kappa shape index (κ2) is 10.9. The zero-order valence-corrected chi connectivity index (χ0v) is 22.6. The molecule has 1 fully saturated rings. The zero-order valence-electron chi connectivity index (χ0n) is 21.0. The van der Waals surface area contributed by atoms with Crippen LogP contribution in [0, 0.1) is 13.8 Å². The third-order valence-electron chi connectivity index (χ3n) is 6.69. The van der Waals surface area contributed by atoms with E-state index < -0.39 is 0 Å². The van der Waals surface area contributed by atoms with Crippen molar-refractivity contribution in [2.75, 3.05) is 25.2 Å². The molecule has 4 aromatic rings. The summed E-state index contributed by atoms with van der Waals surface area (Å²) in [6, 6.07) is 22.1. The standard InChI is InChI=1S/C29H29ClN4O2S/c1-19-9-10-21(17-20(19)2)33-14-6-8-25(33)28-27(24-7-4-5-13-31-24)32-29(37)34(28)22-11-12-26(23(30)18-22)36-16-15-35-3/h4-14,17-18,27-28H,15-16H2,1-3H3,(H,32,37)/t27-,28+/m0/s1. The van der Waals surface area contributed by atoms with Gasteiger partial charge in [-0.2, -0.15) is 0 Å². The molecule has 2 aromatic carbocycles. The highest BCUT2D eigenvalue weighted by molar-refractivity contribution is 7.80. The van der Waals surface area contributed by atoms with E-state index in [0.717, 1.165) is 22.8 Å². The van der Waals surface area contributed by atoms with Crippen LogP contribution in [-0.4, -0.2) is 35.0 Å². The summed E-state index contributed by atoms with van der Waals surface area (Å²) in [6.07, 6.45) is 3.90. The predicted octanol–water partition coefficient (Wildman–Crippen LogP) is 6.34. The second-order valence-electron chi connectivity index (χ2n) is 9.02. The van der Waals surface area contributed by atoms with Crippen molar-refractivity contribution in [2.45, 2.75) is 25.9 Å². The van der Waals surface area contributed by atoms with Crippen molar-refractivity contribution < 1.29 is 9.47 Å². The smallest absolute Gasteiger partial charge is 0.174 e. The van der Waals surface area contributed by atoms with E-state index in [9.17, 15) is 0 Å². The Morgan fingerprint density at radius 2 is 1.81 bits per heavy atom. The molecule has 6 nitrogen and oxygen atoms in total. The molecule has 0 unspecified atom stereocenters. The number of rotatable bonds is 8. The number of aromatic nitrogens is 2. The maximum atomic E-state index is 6.65. The Hall–Kier alpha value is -3.39. The van der Waals surface area contributed by atoms with Gasteiger partial charge in [0.15, 0.2) is 5.11 Å². The molecule has 3 heterocycles. The first kappa shape index (κ1) is 25.3. The van der Waals surface area contributed by atoms with Crippen molar-refractivity contribution in [2.24, 2.45) is 0 Å². The fourth-order valence-electron chi connectivity index (χ4n) is 4.67. The highest BCUT2D eigenvalue weighted by Crippen LogP contribution is 2.43. The number of benzene rings is 2. The zero-order chi connectivity index (χ0) is 25.9. The first-order valence-corrected chi connectivity index (χ1v) is 12.9. The molecule has 1 saturated heterocycles. The van der Waals surface area contributed by atoms with E-state index in [1.165, 1.54) is 11.1 Å². The van der Waals surface area contributed by atoms with Crippen LogP contribution in [0.2, 0.25) is 5.02 Å². The van der Waals surface area contributed by atoms with Crippen LogP contribution >= 0.6 is 23.8 Å². The third-order valence-corrected chi connectivity index (χ3v) is 7.30. The molecule has 0 saturated carbocycles. The summed E-state index contributed by atoms with van der Waals surface area (Å²) < 4.78 is 13.1. The summed E-state index contributed by atoms with van der Waals surface area (Å²) in [6.45, 7) is 5.17. The predicted molar refractivity (Wildman–Crippen MR) is 152 cm³/mol. The van der Waals surface area contributed by atoms with Gasteiger partial charge in [-0.15, -0.1) is 0 Å². The maximum Gasteiger partial charge on any atom is 0.174 e. The number of nitrogens with one attached hydrogen (secondary N) is 1. The third kappa shape index (κ3) is 5.07. The molecule has 190 valence electrons. The average molecular weight is 533 g/mol. The van der Waals surface area contributed by atoms with Gasteiger partial charge in [-0.3, -0.25) is 4.98 Å². The lowest BCUT2D eigenvalue weighted by molar-refractivity contribution is 0.146. The number of pyridine rings is 1. The van der Waals surface area contributed by atoms with Gasteiger partial charge in [0.2, 0.25) is 0 Å². The van der Waals surface area contributed by atoms with Gasteiger partial charge in [-0.25, -0.2) is 0 Å². The van der Waals surface area contributed by atoms with Gasteiger partial charge in [-0.05, 0) is 91.8 Å². The molecule has 0 amide bonds. The van der Waals surface area contributed by atoms with Crippen LogP contribution in [0.4, 0.5) is 5.69 Å². The molecule has 0 aliphatic carbocycles. The first-order valence-electron chi connectivity index (χ1n) is 12.1.